The van der Waals surface area contributed by atoms with E-state index in [4.69, 9.17) is 27.5 Å². The second-order valence-electron chi connectivity index (χ2n) is 11.3. The quantitative estimate of drug-likeness (QED) is 0.0691. The number of carboxylic acids is 2. The lowest BCUT2D eigenvalue weighted by atomic mass is 10.0. The number of carboxylic acid groups (broad SMARTS) is 2. The van der Waals surface area contributed by atoms with Crippen LogP contribution in [0.15, 0.2) is 65.8 Å². The largest absolute Gasteiger partial charge is 1.00 e. The smallest absolute Gasteiger partial charge is 0.404 e. The molecule has 17 heteroatoms. The predicted octanol–water partition coefficient (Wildman–Crippen LogP) is 3.49. The summed E-state index contributed by atoms with van der Waals surface area (Å²) in [5, 5.41) is 30.6. The number of aromatic hydroxyl groups is 1. The minimum Gasteiger partial charge on any atom is -1.00 e. The summed E-state index contributed by atoms with van der Waals surface area (Å²) in [5.74, 6) is -3.73. The zero-order chi connectivity index (χ0) is 36.9. The maximum absolute atomic E-state index is 13.5. The Labute approximate surface area is 303 Å². The Morgan fingerprint density at radius 2 is 1.68 bits per heavy atom. The number of carbonyl (C=O) groups is 3. The summed E-state index contributed by atoms with van der Waals surface area (Å²) >= 11 is 6.98. The van der Waals surface area contributed by atoms with Gasteiger partial charge in [-0.15, -0.1) is 0 Å². The number of halogens is 4. The van der Waals surface area contributed by atoms with Gasteiger partial charge in [-0.1, -0.05) is 41.6 Å². The Balaban J connectivity index is 0.000000394. The summed E-state index contributed by atoms with van der Waals surface area (Å²) in [6.07, 6.45) is -0.701. The number of thioether (sulfide) groups is 1. The van der Waals surface area contributed by atoms with Crippen LogP contribution in [0.3, 0.4) is 0 Å². The van der Waals surface area contributed by atoms with Gasteiger partial charge in [-0.2, -0.15) is 0 Å². The third kappa shape index (κ3) is 15.2. The van der Waals surface area contributed by atoms with Gasteiger partial charge in [0.15, 0.2) is 5.16 Å². The standard InChI is InChI=1S/C14H14ClN3O2S.C13H8F2O3.C6H14N2O2.ClH/c1-8-4-3-5-10(9(8)2)16-12-6-11(15)17-14(18-12)21-7-13(19)20;14-8-2-3-9(11(15)6-8)7-1-4-12(16)10(5-7)13(17)18;1-8(2,3)4-5-10-6(7)9;/h3-6H,7H2,1-2H3,(H,19,20)(H,16,17,18);1-6,16H,(H,17,18);4-5H2,1-3H3,(H-,7,9);1H. The maximum atomic E-state index is 13.5. The molecule has 4 aromatic rings. The first-order valence-electron chi connectivity index (χ1n) is 14.3. The van der Waals surface area contributed by atoms with Gasteiger partial charge in [-0.3, -0.25) is 4.79 Å². The van der Waals surface area contributed by atoms with Gasteiger partial charge in [-0.05, 0) is 60.9 Å². The number of nitrogens with one attached hydrogen (secondary N) is 1. The molecule has 12 nitrogen and oxygen atoms in total. The maximum Gasteiger partial charge on any atom is 0.404 e. The number of quaternary nitrogens is 1. The normalized spacial score (nSPS) is 10.3. The van der Waals surface area contributed by atoms with Crippen LogP contribution in [0.2, 0.25) is 5.15 Å². The highest BCUT2D eigenvalue weighted by Crippen LogP contribution is 2.28. The molecular weight excluding hydrogens is 719 g/mol. The molecule has 1 amide bonds. The number of ether oxygens (including phenoxy) is 1. The molecule has 1 aromatic heterocycles. The molecule has 0 atom stereocenters. The number of aryl methyl sites for hydroxylation is 1. The third-order valence-electron chi connectivity index (χ3n) is 6.34. The van der Waals surface area contributed by atoms with Crippen LogP contribution in [-0.4, -0.2) is 87.8 Å². The number of hydrogen-bond donors (Lipinski definition) is 5. The van der Waals surface area contributed by atoms with Gasteiger partial charge in [0.05, 0.1) is 26.9 Å². The van der Waals surface area contributed by atoms with Crippen molar-refractivity contribution in [2.24, 2.45) is 5.73 Å². The summed E-state index contributed by atoms with van der Waals surface area (Å²) in [6, 6.07) is 14.2. The van der Waals surface area contributed by atoms with Crippen molar-refractivity contribution < 1.29 is 60.1 Å². The molecule has 50 heavy (non-hydrogen) atoms. The molecule has 0 unspecified atom stereocenters. The van der Waals surface area contributed by atoms with Crippen molar-refractivity contribution in [3.05, 3.63) is 94.1 Å². The molecule has 0 saturated heterocycles. The number of nitrogens with two attached hydrogens (primary N) is 1. The van der Waals surface area contributed by atoms with Crippen LogP contribution >= 0.6 is 23.4 Å². The number of likely N-dealkylation sites (N-methyl/N-ethyl adjacent to an activating group) is 1. The van der Waals surface area contributed by atoms with E-state index in [-0.39, 0.29) is 40.0 Å². The number of aliphatic carboxylic acids is 1. The number of aromatic carboxylic acids is 1. The highest BCUT2D eigenvalue weighted by Gasteiger charge is 2.14. The highest BCUT2D eigenvalue weighted by molar-refractivity contribution is 7.99. The van der Waals surface area contributed by atoms with Gasteiger partial charge in [0, 0.05) is 23.4 Å². The number of phenols is 1. The lowest BCUT2D eigenvalue weighted by Gasteiger charge is -2.22. The zero-order valence-electron chi connectivity index (χ0n) is 27.7. The molecule has 6 N–H and O–H groups in total. The highest BCUT2D eigenvalue weighted by atomic mass is 35.5. The molecule has 0 fully saturated rings. The van der Waals surface area contributed by atoms with Gasteiger partial charge >= 0.3 is 18.0 Å². The van der Waals surface area contributed by atoms with Crippen LogP contribution < -0.4 is 23.5 Å². The Morgan fingerprint density at radius 3 is 2.26 bits per heavy atom. The molecule has 0 aliphatic heterocycles. The summed E-state index contributed by atoms with van der Waals surface area (Å²) < 4.78 is 31.6. The molecule has 0 radical (unpaired) electrons. The molecular formula is C33H37Cl2F2N5O7S. The number of nitrogens with zero attached hydrogens (tertiary/aromatic N) is 3. The summed E-state index contributed by atoms with van der Waals surface area (Å²) in [6.45, 7) is 5.21. The summed E-state index contributed by atoms with van der Waals surface area (Å²) in [4.78, 5) is 39.8. The van der Waals surface area contributed by atoms with E-state index >= 15 is 0 Å². The van der Waals surface area contributed by atoms with Gasteiger partial charge in [0.25, 0.3) is 0 Å². The predicted molar refractivity (Wildman–Crippen MR) is 183 cm³/mol. The molecule has 3 aromatic carbocycles. The first-order valence-corrected chi connectivity index (χ1v) is 15.7. The zero-order valence-corrected chi connectivity index (χ0v) is 30.0. The van der Waals surface area contributed by atoms with E-state index in [9.17, 15) is 28.3 Å². The Bertz CT molecular complexity index is 1800. The number of rotatable bonds is 10. The fourth-order valence-corrected chi connectivity index (χ4v) is 4.51. The van der Waals surface area contributed by atoms with Crippen molar-refractivity contribution in [3.63, 3.8) is 0 Å². The van der Waals surface area contributed by atoms with Crippen LogP contribution in [-0.2, 0) is 9.53 Å². The number of hydrogen-bond acceptors (Lipinski definition) is 9. The lowest BCUT2D eigenvalue weighted by Crippen LogP contribution is -3.00. The molecule has 1 heterocycles. The lowest BCUT2D eigenvalue weighted by molar-refractivity contribution is -0.870. The average Bonchev–Trinajstić information content (AvgIpc) is 2.98. The average molecular weight is 757 g/mol. The fourth-order valence-electron chi connectivity index (χ4n) is 3.69. The molecule has 0 saturated carbocycles. The van der Waals surface area contributed by atoms with Crippen molar-refractivity contribution in [1.82, 2.24) is 9.97 Å². The fraction of sp³-hybridized carbons (Fsp3) is 0.242. The Morgan fingerprint density at radius 1 is 1.00 bits per heavy atom. The minimum atomic E-state index is -1.32. The molecule has 0 bridgehead atoms. The number of benzene rings is 3. The van der Waals surface area contributed by atoms with Gasteiger partial charge in [0.1, 0.15) is 47.1 Å². The second-order valence-corrected chi connectivity index (χ2v) is 12.6. The van der Waals surface area contributed by atoms with Crippen LogP contribution in [0.1, 0.15) is 21.5 Å². The topological polar surface area (TPSA) is 185 Å². The van der Waals surface area contributed by atoms with E-state index in [0.29, 0.717) is 23.6 Å². The summed E-state index contributed by atoms with van der Waals surface area (Å²) in [7, 11) is 6.05. The van der Waals surface area contributed by atoms with Crippen LogP contribution in [0.5, 0.6) is 5.75 Å². The number of carbonyl (C=O) groups excluding carboxylic acids is 1. The number of anilines is 2. The van der Waals surface area contributed by atoms with Crippen LogP contribution in [0.4, 0.5) is 25.1 Å². The van der Waals surface area contributed by atoms with Gasteiger partial charge < -0.3 is 48.0 Å². The van der Waals surface area contributed by atoms with E-state index in [2.05, 4.69) is 20.0 Å². The SMILES string of the molecule is C[N+](C)(C)CCOC(N)=O.Cc1cccc(Nc2cc(Cl)nc(SCC(=O)O)n2)c1C.O=C(O)c1cc(-c2ccc(F)cc2F)ccc1O.[Cl-]. The molecule has 0 spiro atoms. The van der Waals surface area contributed by atoms with Crippen LogP contribution in [0.25, 0.3) is 11.1 Å². The molecule has 0 aliphatic carbocycles. The van der Waals surface area contributed by atoms with E-state index in [1.165, 1.54) is 17.7 Å². The van der Waals surface area contributed by atoms with Crippen molar-refractivity contribution in [2.45, 2.75) is 19.0 Å². The van der Waals surface area contributed by atoms with Crippen LogP contribution in [0, 0.1) is 25.5 Å². The first-order chi connectivity index (χ1) is 22.9. The van der Waals surface area contributed by atoms with Crippen molar-refractivity contribution >= 4 is 52.9 Å². The van der Waals surface area contributed by atoms with Crippen molar-refractivity contribution in [2.75, 3.05) is 45.4 Å². The molecule has 270 valence electrons. The minimum absolute atomic E-state index is 0. The number of primary amides is 1. The molecule has 0 aliphatic rings. The van der Waals surface area contributed by atoms with Crippen molar-refractivity contribution in [1.29, 1.82) is 0 Å². The van der Waals surface area contributed by atoms with E-state index in [0.717, 1.165) is 52.2 Å². The van der Waals surface area contributed by atoms with E-state index in [1.807, 2.05) is 53.2 Å². The Kier molecular flexibility index (Phi) is 17.4. The van der Waals surface area contributed by atoms with Gasteiger partial charge in [-0.25, -0.2) is 28.3 Å². The number of amides is 1. The van der Waals surface area contributed by atoms with Crippen molar-refractivity contribution in [3.8, 4) is 16.9 Å². The Hall–Kier alpha value is -4.70. The van der Waals surface area contributed by atoms with Gasteiger partial charge in [0.2, 0.25) is 0 Å². The molecule has 4 rings (SSSR count). The number of aromatic nitrogens is 2. The second kappa shape index (κ2) is 20.1. The monoisotopic (exact) mass is 755 g/mol. The summed E-state index contributed by atoms with van der Waals surface area (Å²) in [5.41, 5.74) is 7.95. The van der Waals surface area contributed by atoms with E-state index in [1.54, 1.807) is 6.07 Å². The first kappa shape index (κ1) is 43.3. The van der Waals surface area contributed by atoms with E-state index < -0.39 is 35.4 Å². The third-order valence-corrected chi connectivity index (χ3v) is 7.37.